The van der Waals surface area contributed by atoms with Crippen LogP contribution in [0.4, 0.5) is 5.69 Å². The smallest absolute Gasteiger partial charge is 0.315 e. The molecule has 0 saturated carbocycles. The van der Waals surface area contributed by atoms with E-state index >= 15 is 0 Å². The van der Waals surface area contributed by atoms with Gasteiger partial charge in [0.2, 0.25) is 18.2 Å². The number of amides is 3. The number of nitrogens with zero attached hydrogens (tertiary/aromatic N) is 2. The van der Waals surface area contributed by atoms with Gasteiger partial charge in [-0.1, -0.05) is 6.07 Å². The zero-order chi connectivity index (χ0) is 26.1. The molecule has 1 heterocycles. The zero-order valence-corrected chi connectivity index (χ0v) is 20.4. The lowest BCUT2D eigenvalue weighted by atomic mass is 9.92. The third-order valence-corrected chi connectivity index (χ3v) is 6.65. The Morgan fingerprint density at radius 3 is 2.53 bits per heavy atom. The Kier molecular flexibility index (Phi) is 10.9. The third-order valence-electron chi connectivity index (χ3n) is 5.29. The first-order valence-electron chi connectivity index (χ1n) is 10.3. The molecule has 2 rings (SSSR count). The SMILES string of the molecule is COC(=O)CSC(C)(C)C(NC(=O)CN)C(=O)N1Cc2cc([N+](=O)[O-])ccc2CC1C.NC=O. The summed E-state index contributed by atoms with van der Waals surface area (Å²) >= 11 is 1.19. The number of primary amides is 1. The van der Waals surface area contributed by atoms with Crippen molar-refractivity contribution in [1.29, 1.82) is 0 Å². The average molecular weight is 498 g/mol. The minimum absolute atomic E-state index is 0.0103. The van der Waals surface area contributed by atoms with E-state index in [2.05, 4.69) is 15.8 Å². The number of carbonyl (C=O) groups excluding carboxylic acids is 4. The second-order valence-electron chi connectivity index (χ2n) is 8.04. The minimum atomic E-state index is -0.957. The standard InChI is InChI=1S/C20H28N4O6S.CH3NO/c1-12-7-13-5-6-15(24(28)29)8-14(13)10-23(12)19(27)18(22-16(25)9-21)20(2,3)31-11-17(26)30-4;2-1-3/h5-6,8,12,18H,7,9-11,21H2,1-4H3,(H,22,25);1H,(H2,2,3). The Morgan fingerprint density at radius 2 is 2.00 bits per heavy atom. The number of fused-ring (bicyclic) bond motifs is 1. The van der Waals surface area contributed by atoms with Gasteiger partial charge < -0.3 is 26.4 Å². The van der Waals surface area contributed by atoms with Gasteiger partial charge in [-0.05, 0) is 38.3 Å². The molecule has 188 valence electrons. The molecule has 0 bridgehead atoms. The lowest BCUT2D eigenvalue weighted by molar-refractivity contribution is -0.385. The number of thioether (sulfide) groups is 1. The van der Waals surface area contributed by atoms with Gasteiger partial charge in [0.1, 0.15) is 6.04 Å². The molecule has 2 unspecified atom stereocenters. The van der Waals surface area contributed by atoms with Crippen molar-refractivity contribution >= 4 is 41.6 Å². The lowest BCUT2D eigenvalue weighted by Crippen LogP contribution is -2.60. The number of carbonyl (C=O) groups is 4. The van der Waals surface area contributed by atoms with E-state index < -0.39 is 27.6 Å². The summed E-state index contributed by atoms with van der Waals surface area (Å²) in [5.74, 6) is -1.27. The van der Waals surface area contributed by atoms with Crippen LogP contribution in [0.1, 0.15) is 31.9 Å². The molecule has 12 nitrogen and oxygen atoms in total. The van der Waals surface area contributed by atoms with Crippen molar-refractivity contribution < 1.29 is 28.8 Å². The molecule has 1 aromatic carbocycles. The summed E-state index contributed by atoms with van der Waals surface area (Å²) in [4.78, 5) is 58.1. The molecule has 0 fully saturated rings. The molecule has 13 heteroatoms. The fourth-order valence-electron chi connectivity index (χ4n) is 3.44. The predicted octanol–water partition coefficient (Wildman–Crippen LogP) is 0.0978. The largest absolute Gasteiger partial charge is 0.468 e. The second-order valence-corrected chi connectivity index (χ2v) is 9.67. The summed E-state index contributed by atoms with van der Waals surface area (Å²) in [6.45, 7) is 5.30. The molecule has 34 heavy (non-hydrogen) atoms. The molecular weight excluding hydrogens is 466 g/mol. The van der Waals surface area contributed by atoms with E-state index in [1.54, 1.807) is 24.8 Å². The van der Waals surface area contributed by atoms with Crippen LogP contribution in [0.5, 0.6) is 0 Å². The van der Waals surface area contributed by atoms with Crippen LogP contribution in [0, 0.1) is 10.1 Å². The van der Waals surface area contributed by atoms with E-state index in [0.29, 0.717) is 12.0 Å². The molecule has 0 saturated heterocycles. The van der Waals surface area contributed by atoms with E-state index in [9.17, 15) is 24.5 Å². The number of nitrogens with one attached hydrogen (secondary N) is 1. The summed E-state index contributed by atoms with van der Waals surface area (Å²) in [5, 5.41) is 13.8. The van der Waals surface area contributed by atoms with Gasteiger partial charge in [-0.3, -0.25) is 29.3 Å². The number of esters is 1. The number of nitro benzene ring substituents is 1. The Labute approximate surface area is 201 Å². The van der Waals surface area contributed by atoms with Crippen LogP contribution in [-0.4, -0.2) is 70.3 Å². The Bertz CT molecular complexity index is 925. The summed E-state index contributed by atoms with van der Waals surface area (Å²) in [6.07, 6.45) is 0.784. The molecule has 1 aliphatic heterocycles. The molecular formula is C21H31N5O7S. The maximum atomic E-state index is 13.6. The number of rotatable bonds is 8. The van der Waals surface area contributed by atoms with Crippen molar-refractivity contribution in [3.05, 3.63) is 39.4 Å². The number of benzene rings is 1. The average Bonchev–Trinajstić information content (AvgIpc) is 2.79. The molecule has 0 aromatic heterocycles. The zero-order valence-electron chi connectivity index (χ0n) is 19.6. The number of ether oxygens (including phenoxy) is 1. The van der Waals surface area contributed by atoms with Crippen molar-refractivity contribution in [2.24, 2.45) is 11.5 Å². The highest BCUT2D eigenvalue weighted by Crippen LogP contribution is 2.33. The van der Waals surface area contributed by atoms with Crippen molar-refractivity contribution in [2.75, 3.05) is 19.4 Å². The topological polar surface area (TPSA) is 188 Å². The van der Waals surface area contributed by atoms with Gasteiger partial charge in [-0.2, -0.15) is 0 Å². The summed E-state index contributed by atoms with van der Waals surface area (Å²) in [6, 6.07) is 3.52. The number of nitrogens with two attached hydrogens (primary N) is 2. The lowest BCUT2D eigenvalue weighted by Gasteiger charge is -2.41. The molecule has 1 aliphatic rings. The van der Waals surface area contributed by atoms with Crippen molar-refractivity contribution in [2.45, 2.75) is 50.6 Å². The number of hydrogen-bond acceptors (Lipinski definition) is 9. The number of non-ortho nitro benzene ring substituents is 1. The quantitative estimate of drug-likeness (QED) is 0.194. The van der Waals surface area contributed by atoms with Crippen molar-refractivity contribution in [3.63, 3.8) is 0 Å². The highest BCUT2D eigenvalue weighted by atomic mass is 32.2. The molecule has 0 aliphatic carbocycles. The summed E-state index contributed by atoms with van der Waals surface area (Å²) < 4.78 is 3.83. The Morgan fingerprint density at radius 1 is 1.38 bits per heavy atom. The summed E-state index contributed by atoms with van der Waals surface area (Å²) in [7, 11) is 1.28. The van der Waals surface area contributed by atoms with Crippen LogP contribution in [0.3, 0.4) is 0 Å². The maximum Gasteiger partial charge on any atom is 0.315 e. The number of methoxy groups -OCH3 is 1. The van der Waals surface area contributed by atoms with E-state index in [0.717, 1.165) is 5.56 Å². The van der Waals surface area contributed by atoms with Crippen molar-refractivity contribution in [3.8, 4) is 0 Å². The van der Waals surface area contributed by atoms with Crippen LogP contribution in [0.25, 0.3) is 0 Å². The van der Waals surface area contributed by atoms with Gasteiger partial charge in [0.05, 0.1) is 24.3 Å². The van der Waals surface area contributed by atoms with Crippen LogP contribution >= 0.6 is 11.8 Å². The van der Waals surface area contributed by atoms with Gasteiger partial charge >= 0.3 is 5.97 Å². The van der Waals surface area contributed by atoms with Gasteiger partial charge in [-0.25, -0.2) is 0 Å². The fraction of sp³-hybridized carbons (Fsp3) is 0.524. The first-order valence-corrected chi connectivity index (χ1v) is 11.3. The van der Waals surface area contributed by atoms with Gasteiger partial charge in [0.25, 0.3) is 5.69 Å². The van der Waals surface area contributed by atoms with Gasteiger partial charge in [0, 0.05) is 29.5 Å². The highest BCUT2D eigenvalue weighted by molar-refractivity contribution is 8.01. The minimum Gasteiger partial charge on any atom is -0.468 e. The second kappa shape index (κ2) is 12.9. The molecule has 0 radical (unpaired) electrons. The van der Waals surface area contributed by atoms with Crippen LogP contribution in [0.2, 0.25) is 0 Å². The third kappa shape index (κ3) is 7.70. The molecule has 2 atom stereocenters. The van der Waals surface area contributed by atoms with Gasteiger partial charge in [0.15, 0.2) is 0 Å². The normalized spacial score (nSPS) is 15.7. The van der Waals surface area contributed by atoms with Gasteiger partial charge in [-0.15, -0.1) is 11.8 Å². The molecule has 5 N–H and O–H groups in total. The first kappa shape index (κ1) is 28.8. The summed E-state index contributed by atoms with van der Waals surface area (Å²) in [5.41, 5.74) is 11.2. The van der Waals surface area contributed by atoms with E-state index in [4.69, 9.17) is 10.5 Å². The monoisotopic (exact) mass is 497 g/mol. The Balaban J connectivity index is 0.00000182. The van der Waals surface area contributed by atoms with Crippen molar-refractivity contribution in [1.82, 2.24) is 10.2 Å². The fourth-order valence-corrected chi connectivity index (χ4v) is 4.38. The first-order chi connectivity index (χ1) is 15.9. The highest BCUT2D eigenvalue weighted by Gasteiger charge is 2.41. The number of nitro groups is 1. The predicted molar refractivity (Wildman–Crippen MR) is 127 cm³/mol. The van der Waals surface area contributed by atoms with E-state index in [1.807, 2.05) is 6.92 Å². The van der Waals surface area contributed by atoms with Crippen LogP contribution in [-0.2, 0) is 36.9 Å². The molecule has 3 amide bonds. The van der Waals surface area contributed by atoms with Crippen LogP contribution in [0.15, 0.2) is 18.2 Å². The molecule has 1 aromatic rings. The maximum absolute atomic E-state index is 13.6. The van der Waals surface area contributed by atoms with E-state index in [-0.39, 0.29) is 42.9 Å². The number of hydrogen-bond donors (Lipinski definition) is 3. The van der Waals surface area contributed by atoms with E-state index in [1.165, 1.54) is 31.0 Å². The van der Waals surface area contributed by atoms with Crippen LogP contribution < -0.4 is 16.8 Å². The molecule has 0 spiro atoms. The Hall–Kier alpha value is -3.19.